The van der Waals surface area contributed by atoms with Crippen LogP contribution in [0.1, 0.15) is 39.5 Å². The van der Waals surface area contributed by atoms with Crippen molar-refractivity contribution in [2.45, 2.75) is 45.6 Å². The highest BCUT2D eigenvalue weighted by atomic mass is 32.2. The second-order valence-electron chi connectivity index (χ2n) is 4.75. The van der Waals surface area contributed by atoms with Crippen LogP contribution in [0.15, 0.2) is 0 Å². The molecule has 0 aromatic heterocycles. The molecular weight excluding hydrogens is 224 g/mol. The summed E-state index contributed by atoms with van der Waals surface area (Å²) in [5.74, 6) is 0.610. The van der Waals surface area contributed by atoms with E-state index in [1.807, 2.05) is 19.9 Å². The second kappa shape index (κ2) is 5.65. The molecule has 0 saturated heterocycles. The number of nitrogens with zero attached hydrogens (tertiary/aromatic N) is 2. The van der Waals surface area contributed by atoms with Crippen molar-refractivity contribution >= 4 is 10.0 Å². The normalized spacial score (nSPS) is 16.7. The lowest BCUT2D eigenvalue weighted by Crippen LogP contribution is -2.36. The standard InChI is InChI=1S/C11H20N2O2S/c1-10(2)6-9-16(14,15)13(8-3-7-12)11-4-5-11/h10-11H,3-6,8-9H2,1-2H3. The van der Waals surface area contributed by atoms with Crippen LogP contribution in [0, 0.1) is 17.2 Å². The van der Waals surface area contributed by atoms with E-state index in [2.05, 4.69) is 0 Å². The minimum atomic E-state index is -3.14. The summed E-state index contributed by atoms with van der Waals surface area (Å²) in [7, 11) is -3.14. The molecule has 5 heteroatoms. The Morgan fingerprint density at radius 3 is 2.50 bits per heavy atom. The van der Waals surface area contributed by atoms with Crippen molar-refractivity contribution in [3.8, 4) is 6.07 Å². The van der Waals surface area contributed by atoms with Crippen LogP contribution in [0.5, 0.6) is 0 Å². The zero-order valence-corrected chi connectivity index (χ0v) is 10.8. The number of hydrogen-bond donors (Lipinski definition) is 0. The van der Waals surface area contributed by atoms with Gasteiger partial charge >= 0.3 is 0 Å². The third-order valence-electron chi connectivity index (χ3n) is 2.71. The van der Waals surface area contributed by atoms with Gasteiger partial charge in [0.15, 0.2) is 0 Å². The SMILES string of the molecule is CC(C)CCS(=O)(=O)N(CCC#N)C1CC1. The van der Waals surface area contributed by atoms with Gasteiger partial charge in [-0.15, -0.1) is 0 Å². The molecule has 0 spiro atoms. The van der Waals surface area contributed by atoms with Gasteiger partial charge in [0.25, 0.3) is 0 Å². The zero-order valence-electron chi connectivity index (χ0n) is 10.0. The van der Waals surface area contributed by atoms with Crippen molar-refractivity contribution in [2.75, 3.05) is 12.3 Å². The van der Waals surface area contributed by atoms with Crippen molar-refractivity contribution in [2.24, 2.45) is 5.92 Å². The van der Waals surface area contributed by atoms with Crippen molar-refractivity contribution in [1.29, 1.82) is 5.26 Å². The van der Waals surface area contributed by atoms with Crippen LogP contribution in [0.4, 0.5) is 0 Å². The lowest BCUT2D eigenvalue weighted by Gasteiger charge is -2.21. The minimum Gasteiger partial charge on any atom is -0.212 e. The monoisotopic (exact) mass is 244 g/mol. The summed E-state index contributed by atoms with van der Waals surface area (Å²) < 4.78 is 25.6. The average molecular weight is 244 g/mol. The van der Waals surface area contributed by atoms with E-state index in [-0.39, 0.29) is 18.2 Å². The molecule has 0 amide bonds. The molecule has 0 radical (unpaired) electrons. The Hall–Kier alpha value is -0.600. The van der Waals surface area contributed by atoms with Gasteiger partial charge in [0.2, 0.25) is 10.0 Å². The topological polar surface area (TPSA) is 61.2 Å². The Balaban J connectivity index is 2.58. The Bertz CT molecular complexity index is 353. The van der Waals surface area contributed by atoms with Crippen molar-refractivity contribution in [3.05, 3.63) is 0 Å². The summed E-state index contributed by atoms with van der Waals surface area (Å²) in [6.07, 6.45) is 2.88. The highest BCUT2D eigenvalue weighted by molar-refractivity contribution is 7.89. The highest BCUT2D eigenvalue weighted by Crippen LogP contribution is 2.29. The zero-order chi connectivity index (χ0) is 12.2. The second-order valence-corrected chi connectivity index (χ2v) is 6.79. The fourth-order valence-electron chi connectivity index (χ4n) is 1.57. The summed E-state index contributed by atoms with van der Waals surface area (Å²) in [5.41, 5.74) is 0. The third kappa shape index (κ3) is 4.11. The van der Waals surface area contributed by atoms with Crippen LogP contribution in [0.25, 0.3) is 0 Å². The maximum absolute atomic E-state index is 12.0. The summed E-state index contributed by atoms with van der Waals surface area (Å²) in [5, 5.41) is 8.53. The Labute approximate surface area is 98.3 Å². The Morgan fingerprint density at radius 1 is 1.44 bits per heavy atom. The van der Waals surface area contributed by atoms with E-state index >= 15 is 0 Å². The van der Waals surface area contributed by atoms with E-state index < -0.39 is 10.0 Å². The fraction of sp³-hybridized carbons (Fsp3) is 0.909. The minimum absolute atomic E-state index is 0.172. The molecule has 1 aliphatic rings. The van der Waals surface area contributed by atoms with Crippen LogP contribution in [-0.2, 0) is 10.0 Å². The lowest BCUT2D eigenvalue weighted by molar-refractivity contribution is 0.407. The Kier molecular flexibility index (Phi) is 4.75. The van der Waals surface area contributed by atoms with Gasteiger partial charge in [-0.25, -0.2) is 8.42 Å². The van der Waals surface area contributed by atoms with E-state index in [0.717, 1.165) is 12.8 Å². The molecule has 0 N–H and O–H groups in total. The molecule has 0 bridgehead atoms. The maximum atomic E-state index is 12.0. The lowest BCUT2D eigenvalue weighted by atomic mass is 10.2. The molecule has 0 aliphatic heterocycles. The van der Waals surface area contributed by atoms with E-state index in [1.165, 1.54) is 0 Å². The predicted octanol–water partition coefficient (Wildman–Crippen LogP) is 1.74. The van der Waals surface area contributed by atoms with Crippen LogP contribution >= 0.6 is 0 Å². The van der Waals surface area contributed by atoms with Crippen molar-refractivity contribution in [1.82, 2.24) is 4.31 Å². The van der Waals surface area contributed by atoms with Gasteiger partial charge in [0, 0.05) is 19.0 Å². The van der Waals surface area contributed by atoms with Crippen molar-refractivity contribution in [3.63, 3.8) is 0 Å². The van der Waals surface area contributed by atoms with Gasteiger partial charge in [-0.2, -0.15) is 9.57 Å². The predicted molar refractivity (Wildman–Crippen MR) is 63.2 cm³/mol. The molecule has 0 atom stereocenters. The molecule has 1 rings (SSSR count). The van der Waals surface area contributed by atoms with Gasteiger partial charge in [0.1, 0.15) is 0 Å². The summed E-state index contributed by atoms with van der Waals surface area (Å²) >= 11 is 0. The quantitative estimate of drug-likeness (QED) is 0.685. The average Bonchev–Trinajstić information content (AvgIpc) is 2.99. The number of sulfonamides is 1. The van der Waals surface area contributed by atoms with Gasteiger partial charge in [-0.1, -0.05) is 13.8 Å². The molecule has 1 aliphatic carbocycles. The van der Waals surface area contributed by atoms with Crippen LogP contribution < -0.4 is 0 Å². The maximum Gasteiger partial charge on any atom is 0.214 e. The van der Waals surface area contributed by atoms with E-state index in [0.29, 0.717) is 18.9 Å². The van der Waals surface area contributed by atoms with E-state index in [1.54, 1.807) is 4.31 Å². The molecule has 0 unspecified atom stereocenters. The molecule has 1 saturated carbocycles. The number of rotatable bonds is 7. The van der Waals surface area contributed by atoms with Crippen LogP contribution in [0.3, 0.4) is 0 Å². The first-order chi connectivity index (χ1) is 7.47. The fourth-order valence-corrected chi connectivity index (χ4v) is 3.61. The molecule has 1 fully saturated rings. The van der Waals surface area contributed by atoms with Gasteiger partial charge in [0.05, 0.1) is 11.8 Å². The van der Waals surface area contributed by atoms with Crippen LogP contribution in [-0.4, -0.2) is 31.1 Å². The highest BCUT2D eigenvalue weighted by Gasteiger charge is 2.36. The van der Waals surface area contributed by atoms with E-state index in [9.17, 15) is 8.42 Å². The largest absolute Gasteiger partial charge is 0.214 e. The summed E-state index contributed by atoms with van der Waals surface area (Å²) in [6, 6.07) is 2.18. The molecule has 92 valence electrons. The summed E-state index contributed by atoms with van der Waals surface area (Å²) in [6.45, 7) is 4.40. The van der Waals surface area contributed by atoms with Gasteiger partial charge in [-0.3, -0.25) is 0 Å². The smallest absolute Gasteiger partial charge is 0.212 e. The van der Waals surface area contributed by atoms with Crippen molar-refractivity contribution < 1.29 is 8.42 Å². The third-order valence-corrected chi connectivity index (χ3v) is 4.66. The molecular formula is C11H20N2O2S. The van der Waals surface area contributed by atoms with E-state index in [4.69, 9.17) is 5.26 Å². The van der Waals surface area contributed by atoms with Gasteiger partial charge in [-0.05, 0) is 25.2 Å². The number of nitriles is 1. The van der Waals surface area contributed by atoms with Gasteiger partial charge < -0.3 is 0 Å². The molecule has 0 heterocycles. The van der Waals surface area contributed by atoms with Crippen LogP contribution in [0.2, 0.25) is 0 Å². The number of hydrogen-bond acceptors (Lipinski definition) is 3. The molecule has 0 aromatic carbocycles. The first-order valence-corrected chi connectivity index (χ1v) is 7.44. The first kappa shape index (κ1) is 13.5. The molecule has 16 heavy (non-hydrogen) atoms. The molecule has 0 aromatic rings. The first-order valence-electron chi connectivity index (χ1n) is 5.84. The molecule has 4 nitrogen and oxygen atoms in total. The Morgan fingerprint density at radius 2 is 2.06 bits per heavy atom. The summed E-state index contributed by atoms with van der Waals surface area (Å²) in [4.78, 5) is 0.